The summed E-state index contributed by atoms with van der Waals surface area (Å²) in [5, 5.41) is 6.67. The third-order valence-electron chi connectivity index (χ3n) is 4.66. The van der Waals surface area contributed by atoms with Crippen LogP contribution in [0.4, 0.5) is 13.2 Å². The van der Waals surface area contributed by atoms with Crippen molar-refractivity contribution < 1.29 is 22.6 Å². The summed E-state index contributed by atoms with van der Waals surface area (Å²) in [5.74, 6) is 1.83. The van der Waals surface area contributed by atoms with Gasteiger partial charge in [-0.05, 0) is 49.3 Å². The number of rotatable bonds is 6. The molecular formula is C19H28F3N3O2. The Hall–Kier alpha value is -2.12. The molecule has 0 spiro atoms. The number of guanidine groups is 1. The number of alkyl halides is 3. The lowest BCUT2D eigenvalue weighted by Crippen LogP contribution is -2.44. The summed E-state index contributed by atoms with van der Waals surface area (Å²) < 4.78 is 46.9. The van der Waals surface area contributed by atoms with Crippen molar-refractivity contribution in [2.24, 2.45) is 10.9 Å². The Balaban J connectivity index is 1.90. The van der Waals surface area contributed by atoms with Crippen molar-refractivity contribution in [3.8, 4) is 11.5 Å². The van der Waals surface area contributed by atoms with Gasteiger partial charge in [0.05, 0.1) is 7.11 Å². The Morgan fingerprint density at radius 2 is 1.89 bits per heavy atom. The zero-order valence-corrected chi connectivity index (χ0v) is 16.0. The highest BCUT2D eigenvalue weighted by Gasteiger charge is 2.29. The van der Waals surface area contributed by atoms with E-state index in [1.54, 1.807) is 19.2 Å². The average molecular weight is 387 g/mol. The van der Waals surface area contributed by atoms with E-state index in [2.05, 4.69) is 22.5 Å². The smallest absolute Gasteiger partial charge is 0.422 e. The number of nitrogens with one attached hydrogen (secondary N) is 2. The molecule has 0 aromatic heterocycles. The van der Waals surface area contributed by atoms with E-state index in [9.17, 15) is 13.2 Å². The largest absolute Gasteiger partial charge is 0.493 e. The van der Waals surface area contributed by atoms with E-state index in [-0.39, 0.29) is 11.5 Å². The topological polar surface area (TPSA) is 54.9 Å². The van der Waals surface area contributed by atoms with Crippen molar-refractivity contribution in [2.45, 2.75) is 51.4 Å². The number of hydrogen-bond donors (Lipinski definition) is 2. The van der Waals surface area contributed by atoms with Gasteiger partial charge < -0.3 is 20.1 Å². The number of nitrogens with zero attached hydrogens (tertiary/aromatic N) is 1. The van der Waals surface area contributed by atoms with Gasteiger partial charge in [0, 0.05) is 19.6 Å². The van der Waals surface area contributed by atoms with Crippen LogP contribution in [0.2, 0.25) is 0 Å². The van der Waals surface area contributed by atoms with E-state index in [1.807, 2.05) is 0 Å². The highest BCUT2D eigenvalue weighted by atomic mass is 19.4. The van der Waals surface area contributed by atoms with Gasteiger partial charge in [0.1, 0.15) is 0 Å². The maximum Gasteiger partial charge on any atom is 0.422 e. The molecular weight excluding hydrogens is 359 g/mol. The third kappa shape index (κ3) is 7.19. The molecule has 1 aromatic rings. The van der Waals surface area contributed by atoms with Crippen molar-refractivity contribution in [3.05, 3.63) is 23.8 Å². The van der Waals surface area contributed by atoms with Crippen molar-refractivity contribution in [2.75, 3.05) is 20.8 Å². The van der Waals surface area contributed by atoms with E-state index in [0.29, 0.717) is 18.5 Å². The van der Waals surface area contributed by atoms with Gasteiger partial charge in [-0.1, -0.05) is 13.0 Å². The predicted octanol–water partition coefficient (Wildman–Crippen LogP) is 3.88. The zero-order valence-electron chi connectivity index (χ0n) is 16.0. The number of methoxy groups -OCH3 is 1. The maximum atomic E-state index is 12.3. The molecule has 0 radical (unpaired) electrons. The molecule has 0 atom stereocenters. The molecule has 2 N–H and O–H groups in total. The van der Waals surface area contributed by atoms with Crippen molar-refractivity contribution in [3.63, 3.8) is 0 Å². The fourth-order valence-electron chi connectivity index (χ4n) is 3.08. The van der Waals surface area contributed by atoms with Gasteiger partial charge in [0.25, 0.3) is 0 Å². The highest BCUT2D eigenvalue weighted by Crippen LogP contribution is 2.29. The van der Waals surface area contributed by atoms with Crippen LogP contribution in [0.15, 0.2) is 23.2 Å². The standard InChI is InChI=1S/C19H28F3N3O2/c1-13-4-7-15(8-5-13)25-18(23-2)24-11-14-6-9-16(17(10-14)26-3)27-12-19(20,21)22/h6,9-10,13,15H,4-5,7-8,11-12H2,1-3H3,(H2,23,24,25). The average Bonchev–Trinajstić information content (AvgIpc) is 2.64. The van der Waals surface area contributed by atoms with Gasteiger partial charge in [-0.2, -0.15) is 13.2 Å². The summed E-state index contributed by atoms with van der Waals surface area (Å²) in [4.78, 5) is 4.25. The Kier molecular flexibility index (Phi) is 7.62. The van der Waals surface area contributed by atoms with Crippen LogP contribution in [-0.4, -0.2) is 38.9 Å². The van der Waals surface area contributed by atoms with E-state index in [4.69, 9.17) is 9.47 Å². The first-order valence-corrected chi connectivity index (χ1v) is 9.14. The number of aliphatic imine (C=N–C) groups is 1. The predicted molar refractivity (Wildman–Crippen MR) is 99.3 cm³/mol. The lowest BCUT2D eigenvalue weighted by Gasteiger charge is -2.28. The molecule has 8 heteroatoms. The summed E-state index contributed by atoms with van der Waals surface area (Å²) in [6, 6.07) is 5.27. The highest BCUT2D eigenvalue weighted by molar-refractivity contribution is 5.80. The first-order chi connectivity index (χ1) is 12.8. The van der Waals surface area contributed by atoms with Crippen LogP contribution in [0, 0.1) is 5.92 Å². The fraction of sp³-hybridized carbons (Fsp3) is 0.632. The molecule has 0 amide bonds. The Morgan fingerprint density at radius 1 is 1.19 bits per heavy atom. The van der Waals surface area contributed by atoms with Crippen molar-refractivity contribution >= 4 is 5.96 Å². The normalized spacial score (nSPS) is 20.9. The molecule has 0 aliphatic heterocycles. The molecule has 0 saturated heterocycles. The second-order valence-electron chi connectivity index (χ2n) is 6.92. The summed E-state index contributed by atoms with van der Waals surface area (Å²) in [6.07, 6.45) is 0.290. The molecule has 5 nitrogen and oxygen atoms in total. The fourth-order valence-corrected chi connectivity index (χ4v) is 3.08. The molecule has 1 fully saturated rings. The first-order valence-electron chi connectivity index (χ1n) is 9.14. The molecule has 0 bridgehead atoms. The summed E-state index contributed by atoms with van der Waals surface area (Å²) in [5.41, 5.74) is 0.853. The molecule has 1 aliphatic carbocycles. The molecule has 27 heavy (non-hydrogen) atoms. The van der Waals surface area contributed by atoms with Crippen LogP contribution in [0.5, 0.6) is 11.5 Å². The maximum absolute atomic E-state index is 12.3. The van der Waals surface area contributed by atoms with Crippen LogP contribution in [0.25, 0.3) is 0 Å². The van der Waals surface area contributed by atoms with E-state index < -0.39 is 12.8 Å². The summed E-state index contributed by atoms with van der Waals surface area (Å²) >= 11 is 0. The zero-order chi connectivity index (χ0) is 19.9. The third-order valence-corrected chi connectivity index (χ3v) is 4.66. The van der Waals surface area contributed by atoms with Crippen molar-refractivity contribution in [1.29, 1.82) is 0 Å². The molecule has 2 rings (SSSR count). The minimum atomic E-state index is -4.39. The van der Waals surface area contributed by atoms with Crippen LogP contribution in [-0.2, 0) is 6.54 Å². The lowest BCUT2D eigenvalue weighted by molar-refractivity contribution is -0.153. The van der Waals surface area contributed by atoms with E-state index >= 15 is 0 Å². The van der Waals surface area contributed by atoms with Gasteiger partial charge in [-0.15, -0.1) is 0 Å². The second kappa shape index (κ2) is 9.71. The molecule has 0 heterocycles. The minimum Gasteiger partial charge on any atom is -0.493 e. The molecule has 152 valence electrons. The van der Waals surface area contributed by atoms with Crippen LogP contribution in [0.3, 0.4) is 0 Å². The SMILES string of the molecule is CN=C(NCc1ccc(OCC(F)(F)F)c(OC)c1)NC1CCC(C)CC1. The summed E-state index contributed by atoms with van der Waals surface area (Å²) in [6.45, 7) is 1.40. The number of halogens is 3. The minimum absolute atomic E-state index is 0.0670. The quantitative estimate of drug-likeness (QED) is 0.575. The van der Waals surface area contributed by atoms with Gasteiger partial charge >= 0.3 is 6.18 Å². The molecule has 0 unspecified atom stereocenters. The molecule has 1 aliphatic rings. The van der Waals surface area contributed by atoms with Gasteiger partial charge in [-0.25, -0.2) is 0 Å². The monoisotopic (exact) mass is 387 g/mol. The molecule has 1 aromatic carbocycles. The number of benzene rings is 1. The Bertz CT molecular complexity index is 627. The van der Waals surface area contributed by atoms with E-state index in [1.165, 1.54) is 26.0 Å². The van der Waals surface area contributed by atoms with Gasteiger partial charge in [0.2, 0.25) is 0 Å². The van der Waals surface area contributed by atoms with Crippen LogP contribution >= 0.6 is 0 Å². The Morgan fingerprint density at radius 3 is 2.48 bits per heavy atom. The lowest BCUT2D eigenvalue weighted by atomic mass is 9.87. The van der Waals surface area contributed by atoms with E-state index in [0.717, 1.165) is 24.3 Å². The summed E-state index contributed by atoms with van der Waals surface area (Å²) in [7, 11) is 3.12. The number of ether oxygens (including phenoxy) is 2. The van der Waals surface area contributed by atoms with Crippen LogP contribution in [0.1, 0.15) is 38.2 Å². The second-order valence-corrected chi connectivity index (χ2v) is 6.92. The van der Waals surface area contributed by atoms with Gasteiger partial charge in [-0.3, -0.25) is 4.99 Å². The van der Waals surface area contributed by atoms with Crippen LogP contribution < -0.4 is 20.1 Å². The number of hydrogen-bond acceptors (Lipinski definition) is 3. The Labute approximate surface area is 158 Å². The van der Waals surface area contributed by atoms with Crippen molar-refractivity contribution in [1.82, 2.24) is 10.6 Å². The first kappa shape index (κ1) is 21.2. The van der Waals surface area contributed by atoms with Gasteiger partial charge in [0.15, 0.2) is 24.1 Å². The molecule has 1 saturated carbocycles.